The largest absolute Gasteiger partial charge is 0.441 e. The van der Waals surface area contributed by atoms with E-state index >= 15 is 0 Å². The summed E-state index contributed by atoms with van der Waals surface area (Å²) in [4.78, 5) is 4.73. The minimum Gasteiger partial charge on any atom is -0.441 e. The first-order chi connectivity index (χ1) is 12.8. The molecule has 4 rings (SSSR count). The van der Waals surface area contributed by atoms with Crippen molar-refractivity contribution in [3.05, 3.63) is 77.7 Å². The zero-order chi connectivity index (χ0) is 17.8. The van der Waals surface area contributed by atoms with Crippen LogP contribution in [0.5, 0.6) is 0 Å². The van der Waals surface area contributed by atoms with Gasteiger partial charge in [-0.05, 0) is 37.5 Å². The van der Waals surface area contributed by atoms with Crippen LogP contribution in [-0.4, -0.2) is 18.2 Å². The first kappa shape index (κ1) is 17.0. The Labute approximate surface area is 154 Å². The van der Waals surface area contributed by atoms with Crippen LogP contribution < -0.4 is 5.32 Å². The van der Waals surface area contributed by atoms with Gasteiger partial charge in [0.15, 0.2) is 0 Å². The lowest BCUT2D eigenvalue weighted by Gasteiger charge is -2.38. The zero-order valence-corrected chi connectivity index (χ0v) is 15.1. The summed E-state index contributed by atoms with van der Waals surface area (Å²) < 4.78 is 11.5. The third kappa shape index (κ3) is 3.43. The molecule has 1 aliphatic heterocycles. The number of nitrogens with one attached hydrogen (secondary N) is 1. The van der Waals surface area contributed by atoms with Crippen molar-refractivity contribution in [2.24, 2.45) is 0 Å². The Bertz CT molecular complexity index is 837. The molecule has 0 atom stereocenters. The van der Waals surface area contributed by atoms with Crippen LogP contribution in [0.4, 0.5) is 0 Å². The molecule has 0 bridgehead atoms. The molecule has 1 aromatic heterocycles. The maximum atomic E-state index is 5.90. The molecule has 0 radical (unpaired) electrons. The highest BCUT2D eigenvalue weighted by atomic mass is 16.5. The van der Waals surface area contributed by atoms with E-state index in [4.69, 9.17) is 14.1 Å². The monoisotopic (exact) mass is 348 g/mol. The van der Waals surface area contributed by atoms with Gasteiger partial charge in [0.1, 0.15) is 5.76 Å². The number of hydrogen-bond donors (Lipinski definition) is 1. The highest BCUT2D eigenvalue weighted by Crippen LogP contribution is 2.33. The molecule has 0 unspecified atom stereocenters. The van der Waals surface area contributed by atoms with Crippen molar-refractivity contribution >= 4 is 0 Å². The summed E-state index contributed by atoms with van der Waals surface area (Å²) in [6.07, 6.45) is 1.92. The number of aryl methyl sites for hydroxylation is 1. The Morgan fingerprint density at radius 2 is 1.62 bits per heavy atom. The van der Waals surface area contributed by atoms with Crippen LogP contribution in [-0.2, 0) is 16.8 Å². The van der Waals surface area contributed by atoms with Crippen molar-refractivity contribution in [2.45, 2.75) is 31.8 Å². The highest BCUT2D eigenvalue weighted by Gasteiger charge is 2.34. The number of benzene rings is 2. The zero-order valence-electron chi connectivity index (χ0n) is 15.1. The van der Waals surface area contributed by atoms with E-state index < -0.39 is 0 Å². The average molecular weight is 348 g/mol. The van der Waals surface area contributed by atoms with E-state index in [0.717, 1.165) is 43.1 Å². The van der Waals surface area contributed by atoms with E-state index in [2.05, 4.69) is 35.6 Å². The summed E-state index contributed by atoms with van der Waals surface area (Å²) in [7, 11) is 0. The standard InChI is InChI=1S/C22H24N2O2/c1-17-20(24-21(26-17)18-8-4-2-5-9-18)16-23-22(12-14-25-15-13-22)19-10-6-3-7-11-19/h2-11,23H,12-16H2,1H3. The Hall–Kier alpha value is -2.43. The van der Waals surface area contributed by atoms with Crippen LogP contribution in [0.3, 0.4) is 0 Å². The van der Waals surface area contributed by atoms with Crippen molar-refractivity contribution in [1.29, 1.82) is 0 Å². The average Bonchev–Trinajstić information content (AvgIpc) is 3.09. The fourth-order valence-electron chi connectivity index (χ4n) is 3.59. The second-order valence-electron chi connectivity index (χ2n) is 6.80. The number of nitrogens with zero attached hydrogens (tertiary/aromatic N) is 1. The first-order valence-electron chi connectivity index (χ1n) is 9.17. The molecule has 26 heavy (non-hydrogen) atoms. The van der Waals surface area contributed by atoms with Crippen molar-refractivity contribution < 1.29 is 9.15 Å². The normalized spacial score (nSPS) is 16.5. The third-order valence-corrected chi connectivity index (χ3v) is 5.18. The molecule has 3 aromatic rings. The minimum atomic E-state index is -0.0716. The molecule has 134 valence electrons. The smallest absolute Gasteiger partial charge is 0.226 e. The molecule has 0 saturated carbocycles. The molecule has 1 saturated heterocycles. The van der Waals surface area contributed by atoms with Gasteiger partial charge in [-0.25, -0.2) is 4.98 Å². The molecule has 0 amide bonds. The van der Waals surface area contributed by atoms with Gasteiger partial charge in [0, 0.05) is 30.9 Å². The summed E-state index contributed by atoms with van der Waals surface area (Å²) in [5.74, 6) is 1.55. The van der Waals surface area contributed by atoms with Gasteiger partial charge in [-0.2, -0.15) is 0 Å². The fraction of sp³-hybridized carbons (Fsp3) is 0.318. The molecule has 2 aromatic carbocycles. The predicted molar refractivity (Wildman–Crippen MR) is 102 cm³/mol. The second kappa shape index (κ2) is 7.44. The van der Waals surface area contributed by atoms with Gasteiger partial charge in [-0.3, -0.25) is 0 Å². The fourth-order valence-corrected chi connectivity index (χ4v) is 3.59. The number of oxazole rings is 1. The Kier molecular flexibility index (Phi) is 4.87. The molecule has 1 fully saturated rings. The maximum Gasteiger partial charge on any atom is 0.226 e. The summed E-state index contributed by atoms with van der Waals surface area (Å²) in [6.45, 7) is 4.20. The van der Waals surface area contributed by atoms with E-state index in [9.17, 15) is 0 Å². The molecule has 0 aliphatic carbocycles. The number of hydrogen-bond acceptors (Lipinski definition) is 4. The summed E-state index contributed by atoms with van der Waals surface area (Å²) in [5, 5.41) is 3.77. The van der Waals surface area contributed by atoms with Crippen LogP contribution in [0.2, 0.25) is 0 Å². The quantitative estimate of drug-likeness (QED) is 0.740. The summed E-state index contributed by atoms with van der Waals surface area (Å²) in [6, 6.07) is 20.7. The molecule has 2 heterocycles. The van der Waals surface area contributed by atoms with Crippen molar-refractivity contribution in [3.63, 3.8) is 0 Å². The Morgan fingerprint density at radius 3 is 2.31 bits per heavy atom. The molecular weight excluding hydrogens is 324 g/mol. The first-order valence-corrected chi connectivity index (χ1v) is 9.17. The van der Waals surface area contributed by atoms with Crippen LogP contribution >= 0.6 is 0 Å². The van der Waals surface area contributed by atoms with Crippen molar-refractivity contribution in [1.82, 2.24) is 10.3 Å². The van der Waals surface area contributed by atoms with E-state index in [1.807, 2.05) is 37.3 Å². The molecule has 1 aliphatic rings. The number of rotatable bonds is 5. The van der Waals surface area contributed by atoms with E-state index in [1.165, 1.54) is 5.56 Å². The molecule has 0 spiro atoms. The lowest BCUT2D eigenvalue weighted by Crippen LogP contribution is -2.46. The highest BCUT2D eigenvalue weighted by molar-refractivity contribution is 5.53. The van der Waals surface area contributed by atoms with E-state index in [1.54, 1.807) is 0 Å². The van der Waals surface area contributed by atoms with E-state index in [0.29, 0.717) is 12.4 Å². The second-order valence-corrected chi connectivity index (χ2v) is 6.80. The van der Waals surface area contributed by atoms with Gasteiger partial charge in [0.2, 0.25) is 5.89 Å². The van der Waals surface area contributed by atoms with Gasteiger partial charge in [0.25, 0.3) is 0 Å². The summed E-state index contributed by atoms with van der Waals surface area (Å²) in [5.41, 5.74) is 3.21. The predicted octanol–water partition coefficient (Wildman–Crippen LogP) is 4.45. The lowest BCUT2D eigenvalue weighted by molar-refractivity contribution is 0.0356. The number of aromatic nitrogens is 1. The number of ether oxygens (including phenoxy) is 1. The van der Waals surface area contributed by atoms with Gasteiger partial charge < -0.3 is 14.5 Å². The van der Waals surface area contributed by atoms with Gasteiger partial charge in [0.05, 0.1) is 5.69 Å². The topological polar surface area (TPSA) is 47.3 Å². The maximum absolute atomic E-state index is 5.90. The minimum absolute atomic E-state index is 0.0716. The molecule has 4 heteroatoms. The van der Waals surface area contributed by atoms with E-state index in [-0.39, 0.29) is 5.54 Å². The molecule has 1 N–H and O–H groups in total. The van der Waals surface area contributed by atoms with Gasteiger partial charge in [-0.1, -0.05) is 48.5 Å². The Morgan fingerprint density at radius 1 is 0.962 bits per heavy atom. The lowest BCUT2D eigenvalue weighted by atomic mass is 9.82. The van der Waals surface area contributed by atoms with Crippen LogP contribution in [0.1, 0.15) is 29.9 Å². The SMILES string of the molecule is Cc1oc(-c2ccccc2)nc1CNC1(c2ccccc2)CCOCC1. The molecular formula is C22H24N2O2. The van der Waals surface area contributed by atoms with Crippen LogP contribution in [0.25, 0.3) is 11.5 Å². The van der Waals surface area contributed by atoms with Crippen LogP contribution in [0, 0.1) is 6.92 Å². The summed E-state index contributed by atoms with van der Waals surface area (Å²) >= 11 is 0. The van der Waals surface area contributed by atoms with Crippen molar-refractivity contribution in [3.8, 4) is 11.5 Å². The van der Waals surface area contributed by atoms with Gasteiger partial charge >= 0.3 is 0 Å². The van der Waals surface area contributed by atoms with Crippen LogP contribution in [0.15, 0.2) is 65.1 Å². The van der Waals surface area contributed by atoms with Crippen molar-refractivity contribution in [2.75, 3.05) is 13.2 Å². The Balaban J connectivity index is 1.56. The van der Waals surface area contributed by atoms with Gasteiger partial charge in [-0.15, -0.1) is 0 Å². The third-order valence-electron chi connectivity index (χ3n) is 5.18. The molecule has 4 nitrogen and oxygen atoms in total.